The Morgan fingerprint density at radius 1 is 1.35 bits per heavy atom. The van der Waals surface area contributed by atoms with Crippen LogP contribution in [0.25, 0.3) is 0 Å². The smallest absolute Gasteiger partial charge is 0.327 e. The Morgan fingerprint density at radius 3 is 2.59 bits per heavy atom. The Labute approximate surface area is 103 Å². The Balaban J connectivity index is 2.19. The van der Waals surface area contributed by atoms with Gasteiger partial charge in [-0.05, 0) is 24.3 Å². The van der Waals surface area contributed by atoms with Crippen molar-refractivity contribution in [3.8, 4) is 0 Å². The number of hydrogen-bond donors (Lipinski definition) is 2. The molecule has 3 N–H and O–H groups in total. The van der Waals surface area contributed by atoms with Crippen LogP contribution >= 0.6 is 11.8 Å². The molecular weight excluding hydrogens is 240 g/mol. The van der Waals surface area contributed by atoms with Crippen LogP contribution in [0, 0.1) is 0 Å². The third kappa shape index (κ3) is 2.36. The zero-order valence-electron chi connectivity index (χ0n) is 9.00. The van der Waals surface area contributed by atoms with Crippen LogP contribution in [0.3, 0.4) is 0 Å². The van der Waals surface area contributed by atoms with Crippen LogP contribution in [0.5, 0.6) is 0 Å². The van der Waals surface area contributed by atoms with E-state index in [-0.39, 0.29) is 5.91 Å². The van der Waals surface area contributed by atoms with E-state index in [1.807, 2.05) is 0 Å². The summed E-state index contributed by atoms with van der Waals surface area (Å²) in [5, 5.41) is 9.00. The van der Waals surface area contributed by atoms with Crippen molar-refractivity contribution in [3.63, 3.8) is 0 Å². The van der Waals surface area contributed by atoms with Gasteiger partial charge in [-0.3, -0.25) is 4.79 Å². The van der Waals surface area contributed by atoms with Gasteiger partial charge in [0.2, 0.25) is 0 Å². The maximum Gasteiger partial charge on any atom is 0.327 e. The van der Waals surface area contributed by atoms with E-state index in [0.717, 1.165) is 0 Å². The molecule has 1 heterocycles. The van der Waals surface area contributed by atoms with E-state index in [1.54, 1.807) is 24.3 Å². The van der Waals surface area contributed by atoms with Crippen LogP contribution in [0.1, 0.15) is 10.4 Å². The second kappa shape index (κ2) is 4.67. The third-order valence-corrected chi connectivity index (χ3v) is 3.60. The summed E-state index contributed by atoms with van der Waals surface area (Å²) in [7, 11) is 0. The molecule has 1 fully saturated rings. The Morgan fingerprint density at radius 2 is 2.00 bits per heavy atom. The molecule has 1 saturated heterocycles. The van der Waals surface area contributed by atoms with E-state index in [2.05, 4.69) is 0 Å². The first kappa shape index (κ1) is 11.8. The molecule has 5 nitrogen and oxygen atoms in total. The normalized spacial score (nSPS) is 19.3. The molecule has 2 rings (SSSR count). The van der Waals surface area contributed by atoms with Crippen LogP contribution < -0.4 is 5.73 Å². The number of nitrogens with two attached hydrogens (primary N) is 1. The zero-order chi connectivity index (χ0) is 12.4. The molecule has 1 aromatic carbocycles. The third-order valence-electron chi connectivity index (χ3n) is 2.59. The van der Waals surface area contributed by atoms with Gasteiger partial charge in [0, 0.05) is 17.0 Å². The summed E-state index contributed by atoms with van der Waals surface area (Å²) < 4.78 is 0. The molecule has 0 bridgehead atoms. The number of rotatable bonds is 2. The highest BCUT2D eigenvalue weighted by atomic mass is 32.2. The molecule has 0 saturated carbocycles. The molecule has 90 valence electrons. The summed E-state index contributed by atoms with van der Waals surface area (Å²) >= 11 is 1.44. The molecule has 0 radical (unpaired) electrons. The first-order valence-corrected chi connectivity index (χ1v) is 6.22. The van der Waals surface area contributed by atoms with Crippen LogP contribution in [-0.2, 0) is 4.79 Å². The molecular formula is C11H12N2O3S. The SMILES string of the molecule is Nc1ccc(C(=O)N2CSCC2C(=O)O)cc1. The number of carbonyl (C=O) groups excluding carboxylic acids is 1. The van der Waals surface area contributed by atoms with Crippen LogP contribution in [-0.4, -0.2) is 39.6 Å². The molecule has 0 aliphatic carbocycles. The highest BCUT2D eigenvalue weighted by molar-refractivity contribution is 7.99. The highest BCUT2D eigenvalue weighted by Gasteiger charge is 2.34. The van der Waals surface area contributed by atoms with Crippen molar-refractivity contribution in [2.24, 2.45) is 0 Å². The topological polar surface area (TPSA) is 83.6 Å². The Kier molecular flexibility index (Phi) is 3.23. The monoisotopic (exact) mass is 252 g/mol. The van der Waals surface area contributed by atoms with E-state index >= 15 is 0 Å². The molecule has 17 heavy (non-hydrogen) atoms. The molecule has 1 unspecified atom stereocenters. The molecule has 1 aromatic rings. The van der Waals surface area contributed by atoms with E-state index < -0.39 is 12.0 Å². The van der Waals surface area contributed by atoms with E-state index in [4.69, 9.17) is 10.8 Å². The van der Waals surface area contributed by atoms with Gasteiger partial charge in [0.15, 0.2) is 0 Å². The number of anilines is 1. The summed E-state index contributed by atoms with van der Waals surface area (Å²) in [4.78, 5) is 24.4. The van der Waals surface area contributed by atoms with Crippen molar-refractivity contribution in [1.29, 1.82) is 0 Å². The quantitative estimate of drug-likeness (QED) is 0.763. The lowest BCUT2D eigenvalue weighted by Gasteiger charge is -2.20. The van der Waals surface area contributed by atoms with Crippen LogP contribution in [0.15, 0.2) is 24.3 Å². The average Bonchev–Trinajstić information content (AvgIpc) is 2.78. The van der Waals surface area contributed by atoms with E-state index in [9.17, 15) is 9.59 Å². The maximum atomic E-state index is 12.1. The summed E-state index contributed by atoms with van der Waals surface area (Å²) in [6.07, 6.45) is 0. The summed E-state index contributed by atoms with van der Waals surface area (Å²) in [6.45, 7) is 0. The minimum Gasteiger partial charge on any atom is -0.480 e. The minimum atomic E-state index is -0.959. The van der Waals surface area contributed by atoms with Gasteiger partial charge in [-0.25, -0.2) is 4.79 Å². The number of thioether (sulfide) groups is 1. The van der Waals surface area contributed by atoms with Crippen molar-refractivity contribution in [3.05, 3.63) is 29.8 Å². The molecule has 1 atom stereocenters. The summed E-state index contributed by atoms with van der Waals surface area (Å²) in [5.41, 5.74) is 6.57. The number of carboxylic acid groups (broad SMARTS) is 1. The van der Waals surface area contributed by atoms with Crippen molar-refractivity contribution in [2.45, 2.75) is 6.04 Å². The summed E-state index contributed by atoms with van der Waals surface area (Å²) in [6, 6.07) is 5.75. The van der Waals surface area contributed by atoms with Gasteiger partial charge in [0.05, 0.1) is 5.88 Å². The first-order chi connectivity index (χ1) is 8.09. The number of nitrogen functional groups attached to an aromatic ring is 1. The Bertz CT molecular complexity index is 447. The number of amides is 1. The number of carbonyl (C=O) groups is 2. The second-order valence-electron chi connectivity index (χ2n) is 3.75. The number of carboxylic acids is 1. The van der Waals surface area contributed by atoms with Crippen LogP contribution in [0.2, 0.25) is 0 Å². The number of nitrogens with zero attached hydrogens (tertiary/aromatic N) is 1. The number of hydrogen-bond acceptors (Lipinski definition) is 4. The van der Waals surface area contributed by atoms with E-state index in [0.29, 0.717) is 22.9 Å². The van der Waals surface area contributed by atoms with Crippen molar-refractivity contribution in [2.75, 3.05) is 17.4 Å². The fourth-order valence-corrected chi connectivity index (χ4v) is 2.78. The molecule has 1 amide bonds. The predicted molar refractivity (Wildman–Crippen MR) is 65.8 cm³/mol. The zero-order valence-corrected chi connectivity index (χ0v) is 9.81. The van der Waals surface area contributed by atoms with Crippen LogP contribution in [0.4, 0.5) is 5.69 Å². The molecule has 1 aliphatic rings. The standard InChI is InChI=1S/C11H12N2O3S/c12-8-3-1-7(2-4-8)10(14)13-6-17-5-9(13)11(15)16/h1-4,9H,5-6,12H2,(H,15,16). The largest absolute Gasteiger partial charge is 0.480 e. The van der Waals surface area contributed by atoms with Crippen molar-refractivity contribution in [1.82, 2.24) is 4.90 Å². The molecule has 6 heteroatoms. The fraction of sp³-hybridized carbons (Fsp3) is 0.273. The Hall–Kier alpha value is -1.69. The minimum absolute atomic E-state index is 0.262. The first-order valence-electron chi connectivity index (χ1n) is 5.06. The molecule has 0 aromatic heterocycles. The predicted octanol–water partition coefficient (Wildman–Crippen LogP) is 0.869. The fourth-order valence-electron chi connectivity index (χ4n) is 1.64. The molecule has 1 aliphatic heterocycles. The van der Waals surface area contributed by atoms with Gasteiger partial charge in [-0.15, -0.1) is 11.8 Å². The van der Waals surface area contributed by atoms with Gasteiger partial charge in [0.1, 0.15) is 6.04 Å². The van der Waals surface area contributed by atoms with Crippen molar-refractivity contribution >= 4 is 29.3 Å². The number of aliphatic carboxylic acids is 1. The number of benzene rings is 1. The van der Waals surface area contributed by atoms with Gasteiger partial charge < -0.3 is 15.7 Å². The second-order valence-corrected chi connectivity index (χ2v) is 4.75. The van der Waals surface area contributed by atoms with Gasteiger partial charge in [-0.1, -0.05) is 0 Å². The highest BCUT2D eigenvalue weighted by Crippen LogP contribution is 2.23. The lowest BCUT2D eigenvalue weighted by Crippen LogP contribution is -2.41. The maximum absolute atomic E-state index is 12.1. The average molecular weight is 252 g/mol. The van der Waals surface area contributed by atoms with Gasteiger partial charge in [0.25, 0.3) is 5.91 Å². The lowest BCUT2D eigenvalue weighted by atomic mass is 10.1. The van der Waals surface area contributed by atoms with E-state index in [1.165, 1.54) is 16.7 Å². The van der Waals surface area contributed by atoms with Gasteiger partial charge in [-0.2, -0.15) is 0 Å². The van der Waals surface area contributed by atoms with Crippen molar-refractivity contribution < 1.29 is 14.7 Å². The van der Waals surface area contributed by atoms with Gasteiger partial charge >= 0.3 is 5.97 Å². The molecule has 0 spiro atoms. The lowest BCUT2D eigenvalue weighted by molar-refractivity contribution is -0.140. The summed E-state index contributed by atoms with van der Waals surface area (Å²) in [5.74, 6) is -0.364.